The van der Waals surface area contributed by atoms with Gasteiger partial charge >= 0.3 is 0 Å². The first-order chi connectivity index (χ1) is 15.2. The summed E-state index contributed by atoms with van der Waals surface area (Å²) in [5.74, 6) is 2.50. The second-order valence-corrected chi connectivity index (χ2v) is 8.68. The van der Waals surface area contributed by atoms with E-state index in [1.165, 1.54) is 52.0 Å². The van der Waals surface area contributed by atoms with Crippen LogP contribution in [-0.2, 0) is 6.54 Å². The Hall–Kier alpha value is -1.26. The Kier molecular flexibility index (Phi) is 12.5. The first-order valence-corrected chi connectivity index (χ1v) is 11.9. The molecule has 2 N–H and O–H groups in total. The van der Waals surface area contributed by atoms with Gasteiger partial charge in [0.05, 0.1) is 13.2 Å². The fraction of sp³-hybridized carbons (Fsp3) is 0.708. The quantitative estimate of drug-likeness (QED) is 0.199. The number of hydrogen-bond acceptors (Lipinski definition) is 5. The fourth-order valence-electron chi connectivity index (χ4n) is 4.31. The minimum atomic E-state index is 0. The van der Waals surface area contributed by atoms with Gasteiger partial charge in [-0.3, -0.25) is 4.99 Å². The van der Waals surface area contributed by atoms with Gasteiger partial charge in [0, 0.05) is 51.9 Å². The van der Waals surface area contributed by atoms with Crippen LogP contribution in [0.2, 0.25) is 0 Å². The molecule has 0 atom stereocenters. The van der Waals surface area contributed by atoms with E-state index in [-0.39, 0.29) is 24.0 Å². The summed E-state index contributed by atoms with van der Waals surface area (Å²) < 4.78 is 11.9. The normalized spacial score (nSPS) is 18.3. The molecule has 0 unspecified atom stereocenters. The molecule has 0 radical (unpaired) electrons. The van der Waals surface area contributed by atoms with Crippen LogP contribution in [0.3, 0.4) is 0 Å². The van der Waals surface area contributed by atoms with E-state index >= 15 is 0 Å². The van der Waals surface area contributed by atoms with Gasteiger partial charge in [0.2, 0.25) is 0 Å². The number of halogens is 1. The minimum absolute atomic E-state index is 0. The van der Waals surface area contributed by atoms with E-state index in [4.69, 9.17) is 9.47 Å². The number of hydrogen-bond donors (Lipinski definition) is 2. The summed E-state index contributed by atoms with van der Waals surface area (Å²) in [5, 5.41) is 6.88. The second-order valence-electron chi connectivity index (χ2n) is 8.68. The van der Waals surface area contributed by atoms with Crippen molar-refractivity contribution in [3.8, 4) is 11.5 Å². The standard InChI is InChI=1S/C24H41N5O2.HI/c1-25-24(26-13-6-7-14-29-17-15-28(2)16-18-29)27-19-20-9-8-12-22(30-3)23(20)31-21-10-4-5-11-21;/h8-9,12,21H,4-7,10-11,13-19H2,1-3H3,(H2,25,26,27);1H. The van der Waals surface area contributed by atoms with Crippen molar-refractivity contribution in [1.82, 2.24) is 20.4 Å². The molecule has 1 aliphatic heterocycles. The van der Waals surface area contributed by atoms with Crippen LogP contribution in [0.4, 0.5) is 0 Å². The summed E-state index contributed by atoms with van der Waals surface area (Å²) in [6.45, 7) is 7.53. The molecule has 3 rings (SSSR count). The first kappa shape index (κ1) is 27.0. The largest absolute Gasteiger partial charge is 0.493 e. The molecule has 1 saturated carbocycles. The molecule has 0 amide bonds. The molecule has 182 valence electrons. The van der Waals surface area contributed by atoms with Gasteiger partial charge in [-0.2, -0.15) is 0 Å². The van der Waals surface area contributed by atoms with Gasteiger partial charge in [-0.05, 0) is 58.2 Å². The van der Waals surface area contributed by atoms with Crippen LogP contribution in [0.15, 0.2) is 23.2 Å². The number of unbranched alkanes of at least 4 members (excludes halogenated alkanes) is 1. The van der Waals surface area contributed by atoms with Crippen LogP contribution in [0, 0.1) is 0 Å². The monoisotopic (exact) mass is 559 g/mol. The average molecular weight is 560 g/mol. The molecular formula is C24H42IN5O2. The number of rotatable bonds is 10. The highest BCUT2D eigenvalue weighted by Gasteiger charge is 2.20. The summed E-state index contributed by atoms with van der Waals surface area (Å²) in [6.07, 6.45) is 7.40. The number of para-hydroxylation sites is 1. The molecule has 0 bridgehead atoms. The Balaban J connectivity index is 0.00000363. The topological polar surface area (TPSA) is 61.4 Å². The number of aliphatic imine (C=N–C) groups is 1. The van der Waals surface area contributed by atoms with E-state index < -0.39 is 0 Å². The predicted octanol–water partition coefficient (Wildman–Crippen LogP) is 3.33. The van der Waals surface area contributed by atoms with E-state index in [0.29, 0.717) is 12.6 Å². The zero-order chi connectivity index (χ0) is 21.9. The minimum Gasteiger partial charge on any atom is -0.493 e. The average Bonchev–Trinajstić information content (AvgIpc) is 3.31. The zero-order valence-electron chi connectivity index (χ0n) is 20.1. The van der Waals surface area contributed by atoms with Crippen molar-refractivity contribution >= 4 is 29.9 Å². The molecule has 32 heavy (non-hydrogen) atoms. The number of nitrogens with zero attached hydrogens (tertiary/aromatic N) is 3. The molecule has 1 heterocycles. The van der Waals surface area contributed by atoms with Crippen molar-refractivity contribution in [3.05, 3.63) is 23.8 Å². The predicted molar refractivity (Wildman–Crippen MR) is 143 cm³/mol. The number of benzene rings is 1. The summed E-state index contributed by atoms with van der Waals surface area (Å²) in [6, 6.07) is 6.09. The lowest BCUT2D eigenvalue weighted by Gasteiger charge is -2.32. The molecule has 2 aliphatic rings. The van der Waals surface area contributed by atoms with Crippen molar-refractivity contribution in [3.63, 3.8) is 0 Å². The van der Waals surface area contributed by atoms with Crippen LogP contribution in [0.25, 0.3) is 0 Å². The highest BCUT2D eigenvalue weighted by Crippen LogP contribution is 2.34. The maximum absolute atomic E-state index is 6.34. The lowest BCUT2D eigenvalue weighted by atomic mass is 10.1. The highest BCUT2D eigenvalue weighted by atomic mass is 127. The molecule has 1 aliphatic carbocycles. The summed E-state index contributed by atoms with van der Waals surface area (Å²) >= 11 is 0. The van der Waals surface area contributed by atoms with Gasteiger partial charge in [0.25, 0.3) is 0 Å². The fourth-order valence-corrected chi connectivity index (χ4v) is 4.31. The van der Waals surface area contributed by atoms with Gasteiger partial charge in [0.15, 0.2) is 17.5 Å². The van der Waals surface area contributed by atoms with Crippen molar-refractivity contribution in [2.45, 2.75) is 51.2 Å². The Morgan fingerprint density at radius 3 is 2.53 bits per heavy atom. The van der Waals surface area contributed by atoms with E-state index in [1.54, 1.807) is 7.11 Å². The number of likely N-dealkylation sites (N-methyl/N-ethyl adjacent to an activating group) is 1. The lowest BCUT2D eigenvalue weighted by molar-refractivity contribution is 0.152. The van der Waals surface area contributed by atoms with Crippen molar-refractivity contribution < 1.29 is 9.47 Å². The second kappa shape index (κ2) is 14.8. The van der Waals surface area contributed by atoms with Crippen LogP contribution in [0.1, 0.15) is 44.1 Å². The van der Waals surface area contributed by atoms with Gasteiger partial charge in [0.1, 0.15) is 0 Å². The number of guanidine groups is 1. The van der Waals surface area contributed by atoms with E-state index in [0.717, 1.165) is 48.8 Å². The maximum Gasteiger partial charge on any atom is 0.191 e. The number of methoxy groups -OCH3 is 1. The van der Waals surface area contributed by atoms with Gasteiger partial charge in [-0.25, -0.2) is 0 Å². The third kappa shape index (κ3) is 8.59. The molecule has 1 saturated heterocycles. The SMILES string of the molecule is CN=C(NCCCCN1CCN(C)CC1)NCc1cccc(OC)c1OC1CCCC1.I. The van der Waals surface area contributed by atoms with Crippen molar-refractivity contribution in [1.29, 1.82) is 0 Å². The van der Waals surface area contributed by atoms with Gasteiger partial charge < -0.3 is 29.9 Å². The number of ether oxygens (including phenoxy) is 2. The molecular weight excluding hydrogens is 517 g/mol. The van der Waals surface area contributed by atoms with Crippen molar-refractivity contribution in [2.24, 2.45) is 4.99 Å². The number of nitrogens with one attached hydrogen (secondary N) is 2. The Bertz CT molecular complexity index is 689. The Morgan fingerprint density at radius 1 is 1.09 bits per heavy atom. The molecule has 1 aromatic rings. The van der Waals surface area contributed by atoms with Gasteiger partial charge in [-0.15, -0.1) is 24.0 Å². The zero-order valence-corrected chi connectivity index (χ0v) is 22.4. The Labute approximate surface area is 211 Å². The van der Waals surface area contributed by atoms with Crippen LogP contribution >= 0.6 is 24.0 Å². The summed E-state index contributed by atoms with van der Waals surface area (Å²) in [5.41, 5.74) is 1.10. The lowest BCUT2D eigenvalue weighted by Crippen LogP contribution is -2.44. The first-order valence-electron chi connectivity index (χ1n) is 11.9. The van der Waals surface area contributed by atoms with E-state index in [2.05, 4.69) is 38.5 Å². The van der Waals surface area contributed by atoms with Crippen LogP contribution in [-0.4, -0.2) is 82.3 Å². The van der Waals surface area contributed by atoms with Crippen molar-refractivity contribution in [2.75, 3.05) is 60.5 Å². The smallest absolute Gasteiger partial charge is 0.191 e. The molecule has 0 aromatic heterocycles. The van der Waals surface area contributed by atoms with Crippen LogP contribution < -0.4 is 20.1 Å². The van der Waals surface area contributed by atoms with Gasteiger partial charge in [-0.1, -0.05) is 12.1 Å². The Morgan fingerprint density at radius 2 is 1.84 bits per heavy atom. The molecule has 0 spiro atoms. The maximum atomic E-state index is 6.34. The molecule has 7 nitrogen and oxygen atoms in total. The summed E-state index contributed by atoms with van der Waals surface area (Å²) in [7, 11) is 5.73. The summed E-state index contributed by atoms with van der Waals surface area (Å²) in [4.78, 5) is 9.36. The molecule has 8 heteroatoms. The van der Waals surface area contributed by atoms with E-state index in [9.17, 15) is 0 Å². The van der Waals surface area contributed by atoms with Crippen LogP contribution in [0.5, 0.6) is 11.5 Å². The third-order valence-electron chi connectivity index (χ3n) is 6.33. The van der Waals surface area contributed by atoms with E-state index in [1.807, 2.05) is 19.2 Å². The number of piperazine rings is 1. The third-order valence-corrected chi connectivity index (χ3v) is 6.33. The molecule has 1 aromatic carbocycles. The highest BCUT2D eigenvalue weighted by molar-refractivity contribution is 14.0. The molecule has 2 fully saturated rings.